The Morgan fingerprint density at radius 1 is 1.42 bits per heavy atom. The lowest BCUT2D eigenvalue weighted by Crippen LogP contribution is -3.00. The molecular weight excluding hydrogens is 284 g/mol. The van der Waals surface area contributed by atoms with E-state index in [0.29, 0.717) is 18.7 Å². The average Bonchev–Trinajstić information content (AvgIpc) is 2.67. The maximum Gasteiger partial charge on any atom is 0.225 e. The molecule has 2 aromatic heterocycles. The standard InChI is InChI=1S/C12H17N4OS.ClH/c1-8-10(13)5-14-12(15-8)6-16-7-18-11(3-4-17)9(16)2;/h5,7,17H,3-4,6,13H2,1-2H3;1H/q+1;/p-1. The highest BCUT2D eigenvalue weighted by Crippen LogP contribution is 2.12. The molecule has 19 heavy (non-hydrogen) atoms. The minimum absolute atomic E-state index is 0. The van der Waals surface area contributed by atoms with E-state index in [1.807, 2.05) is 19.4 Å². The normalized spacial score (nSPS) is 10.3. The summed E-state index contributed by atoms with van der Waals surface area (Å²) < 4.78 is 2.10. The Balaban J connectivity index is 0.00000180. The van der Waals surface area contributed by atoms with Gasteiger partial charge < -0.3 is 23.2 Å². The van der Waals surface area contributed by atoms with Gasteiger partial charge in [-0.1, -0.05) is 11.3 Å². The zero-order valence-corrected chi connectivity index (χ0v) is 12.5. The van der Waals surface area contributed by atoms with E-state index in [1.165, 1.54) is 4.88 Å². The van der Waals surface area contributed by atoms with Crippen LogP contribution in [0.4, 0.5) is 5.69 Å². The second-order valence-electron chi connectivity index (χ2n) is 4.16. The van der Waals surface area contributed by atoms with Gasteiger partial charge in [-0.15, -0.1) is 0 Å². The molecule has 0 unspecified atom stereocenters. The summed E-state index contributed by atoms with van der Waals surface area (Å²) in [4.78, 5) is 9.79. The Morgan fingerprint density at radius 2 is 2.16 bits per heavy atom. The SMILES string of the molecule is Cc1nc(C[n+]2csc(CCO)c2C)ncc1N.[Cl-]. The van der Waals surface area contributed by atoms with Crippen molar-refractivity contribution in [2.45, 2.75) is 26.8 Å². The fourth-order valence-electron chi connectivity index (χ4n) is 1.70. The molecular formula is C12H17ClN4OS. The minimum atomic E-state index is 0. The van der Waals surface area contributed by atoms with Crippen LogP contribution in [0, 0.1) is 13.8 Å². The first-order chi connectivity index (χ1) is 8.61. The maximum atomic E-state index is 8.97. The van der Waals surface area contributed by atoms with E-state index in [-0.39, 0.29) is 19.0 Å². The summed E-state index contributed by atoms with van der Waals surface area (Å²) in [6.45, 7) is 4.74. The van der Waals surface area contributed by atoms with Crippen LogP contribution in [0.25, 0.3) is 0 Å². The van der Waals surface area contributed by atoms with Crippen LogP contribution in [0.3, 0.4) is 0 Å². The first-order valence-electron chi connectivity index (χ1n) is 5.77. The monoisotopic (exact) mass is 300 g/mol. The number of thiazole rings is 1. The summed E-state index contributed by atoms with van der Waals surface area (Å²) in [5.41, 5.74) is 10.3. The smallest absolute Gasteiger partial charge is 0.225 e. The Hall–Kier alpha value is -1.24. The predicted molar refractivity (Wildman–Crippen MR) is 70.3 cm³/mol. The highest BCUT2D eigenvalue weighted by Gasteiger charge is 2.16. The number of aryl methyl sites for hydroxylation is 1. The molecule has 0 aliphatic heterocycles. The lowest BCUT2D eigenvalue weighted by molar-refractivity contribution is -0.690. The van der Waals surface area contributed by atoms with E-state index in [9.17, 15) is 0 Å². The Labute approximate surface area is 122 Å². The Kier molecular flexibility index (Phi) is 5.65. The molecule has 0 fully saturated rings. The third-order valence-electron chi connectivity index (χ3n) is 2.87. The number of rotatable bonds is 4. The van der Waals surface area contributed by atoms with Crippen molar-refractivity contribution in [3.05, 3.63) is 33.8 Å². The van der Waals surface area contributed by atoms with E-state index in [4.69, 9.17) is 10.8 Å². The van der Waals surface area contributed by atoms with Crippen molar-refractivity contribution in [2.24, 2.45) is 0 Å². The fourth-order valence-corrected chi connectivity index (χ4v) is 2.69. The Morgan fingerprint density at radius 3 is 2.79 bits per heavy atom. The summed E-state index contributed by atoms with van der Waals surface area (Å²) in [5, 5.41) is 8.97. The summed E-state index contributed by atoms with van der Waals surface area (Å²) in [6.07, 6.45) is 2.35. The van der Waals surface area contributed by atoms with Gasteiger partial charge in [0.15, 0.2) is 11.5 Å². The number of aliphatic hydroxyl groups is 1. The third kappa shape index (κ3) is 3.62. The van der Waals surface area contributed by atoms with Gasteiger partial charge in [-0.25, -0.2) is 9.97 Å². The number of aliphatic hydroxyl groups excluding tert-OH is 1. The van der Waals surface area contributed by atoms with E-state index in [0.717, 1.165) is 17.2 Å². The molecule has 0 bridgehead atoms. The molecule has 104 valence electrons. The van der Waals surface area contributed by atoms with Crippen LogP contribution >= 0.6 is 11.3 Å². The number of anilines is 1. The second kappa shape index (κ2) is 6.79. The number of nitrogens with two attached hydrogens (primary N) is 1. The maximum absolute atomic E-state index is 8.97. The van der Waals surface area contributed by atoms with Gasteiger partial charge in [0.05, 0.1) is 22.5 Å². The molecule has 0 aliphatic rings. The van der Waals surface area contributed by atoms with Crippen LogP contribution in [0.1, 0.15) is 22.1 Å². The molecule has 0 aromatic carbocycles. The predicted octanol–water partition coefficient (Wildman–Crippen LogP) is -2.39. The number of nitrogen functional groups attached to an aromatic ring is 1. The van der Waals surface area contributed by atoms with Gasteiger partial charge in [0.2, 0.25) is 12.1 Å². The first-order valence-corrected chi connectivity index (χ1v) is 6.65. The number of aromatic nitrogens is 3. The molecule has 2 heterocycles. The van der Waals surface area contributed by atoms with Crippen LogP contribution < -0.4 is 22.7 Å². The first kappa shape index (κ1) is 15.8. The van der Waals surface area contributed by atoms with Gasteiger partial charge >= 0.3 is 0 Å². The van der Waals surface area contributed by atoms with Gasteiger partial charge in [0.25, 0.3) is 0 Å². The molecule has 0 saturated carbocycles. The zero-order valence-electron chi connectivity index (χ0n) is 10.9. The largest absolute Gasteiger partial charge is 1.00 e. The summed E-state index contributed by atoms with van der Waals surface area (Å²) in [6, 6.07) is 0. The molecule has 0 spiro atoms. The highest BCUT2D eigenvalue weighted by molar-refractivity contribution is 7.09. The van der Waals surface area contributed by atoms with Crippen molar-refractivity contribution >= 4 is 17.0 Å². The molecule has 0 aliphatic carbocycles. The van der Waals surface area contributed by atoms with Gasteiger partial charge in [0, 0.05) is 20.0 Å². The average molecular weight is 301 g/mol. The second-order valence-corrected chi connectivity index (χ2v) is 5.10. The quantitative estimate of drug-likeness (QED) is 0.618. The van der Waals surface area contributed by atoms with Crippen LogP contribution in [-0.4, -0.2) is 21.7 Å². The molecule has 0 radical (unpaired) electrons. The van der Waals surface area contributed by atoms with Gasteiger partial charge in [-0.05, 0) is 6.92 Å². The van der Waals surface area contributed by atoms with E-state index >= 15 is 0 Å². The van der Waals surface area contributed by atoms with Crippen LogP contribution in [-0.2, 0) is 13.0 Å². The van der Waals surface area contributed by atoms with Crippen LogP contribution in [0.2, 0.25) is 0 Å². The van der Waals surface area contributed by atoms with Crippen LogP contribution in [0.5, 0.6) is 0 Å². The summed E-state index contributed by atoms with van der Waals surface area (Å²) in [5.74, 6) is 0.753. The number of nitrogens with zero attached hydrogens (tertiary/aromatic N) is 3. The van der Waals surface area contributed by atoms with Crippen molar-refractivity contribution in [1.82, 2.24) is 9.97 Å². The van der Waals surface area contributed by atoms with Crippen molar-refractivity contribution in [1.29, 1.82) is 0 Å². The van der Waals surface area contributed by atoms with E-state index in [1.54, 1.807) is 17.5 Å². The molecule has 5 nitrogen and oxygen atoms in total. The fraction of sp³-hybridized carbons (Fsp3) is 0.417. The number of hydrogen-bond acceptors (Lipinski definition) is 5. The van der Waals surface area contributed by atoms with Crippen molar-refractivity contribution < 1.29 is 22.1 Å². The molecule has 2 aromatic rings. The molecule has 7 heteroatoms. The van der Waals surface area contributed by atoms with E-state index < -0.39 is 0 Å². The topological polar surface area (TPSA) is 75.9 Å². The minimum Gasteiger partial charge on any atom is -1.00 e. The number of halogens is 1. The van der Waals surface area contributed by atoms with Crippen LogP contribution in [0.15, 0.2) is 11.7 Å². The number of hydrogen-bond donors (Lipinski definition) is 2. The zero-order chi connectivity index (χ0) is 13.1. The summed E-state index contributed by atoms with van der Waals surface area (Å²) in [7, 11) is 0. The molecule has 0 amide bonds. The lowest BCUT2D eigenvalue weighted by Gasteiger charge is -2.00. The van der Waals surface area contributed by atoms with Gasteiger partial charge in [-0.2, -0.15) is 4.57 Å². The van der Waals surface area contributed by atoms with Crippen molar-refractivity contribution in [2.75, 3.05) is 12.3 Å². The molecule has 3 N–H and O–H groups in total. The molecule has 0 atom stereocenters. The third-order valence-corrected chi connectivity index (χ3v) is 4.02. The summed E-state index contributed by atoms with van der Waals surface area (Å²) >= 11 is 1.65. The van der Waals surface area contributed by atoms with E-state index in [2.05, 4.69) is 14.5 Å². The molecule has 2 rings (SSSR count). The van der Waals surface area contributed by atoms with Gasteiger partial charge in [0.1, 0.15) is 0 Å². The van der Waals surface area contributed by atoms with Crippen molar-refractivity contribution in [3.8, 4) is 0 Å². The highest BCUT2D eigenvalue weighted by atomic mass is 35.5. The lowest BCUT2D eigenvalue weighted by atomic mass is 10.3. The molecule has 0 saturated heterocycles. The Bertz CT molecular complexity index is 559. The van der Waals surface area contributed by atoms with Crippen molar-refractivity contribution in [3.63, 3.8) is 0 Å². The van der Waals surface area contributed by atoms with Gasteiger partial charge in [-0.3, -0.25) is 0 Å².